The molecule has 2 N–H and O–H groups in total. The first-order valence-corrected chi connectivity index (χ1v) is 5.84. The van der Waals surface area contributed by atoms with Crippen molar-refractivity contribution in [1.29, 1.82) is 0 Å². The Labute approximate surface area is 95.7 Å². The highest BCUT2D eigenvalue weighted by Gasteiger charge is 2.13. The molecule has 88 valence electrons. The van der Waals surface area contributed by atoms with Crippen molar-refractivity contribution in [2.45, 2.75) is 19.3 Å². The van der Waals surface area contributed by atoms with E-state index in [4.69, 9.17) is 4.74 Å². The van der Waals surface area contributed by atoms with Crippen LogP contribution in [0.4, 0.5) is 0 Å². The Bertz CT molecular complexity index is 325. The second kappa shape index (κ2) is 5.70. The maximum atomic E-state index is 9.45. The molecular formula is C12H18N2O2. The summed E-state index contributed by atoms with van der Waals surface area (Å²) in [6, 6.07) is 3.28. The monoisotopic (exact) mass is 222 g/mol. The summed E-state index contributed by atoms with van der Waals surface area (Å²) in [5.41, 5.74) is 0. The minimum absolute atomic E-state index is 0.115. The lowest BCUT2D eigenvalue weighted by atomic mass is 9.97. The smallest absolute Gasteiger partial charge is 0.256 e. The molecule has 0 radical (unpaired) electrons. The maximum Gasteiger partial charge on any atom is 0.256 e. The van der Waals surface area contributed by atoms with E-state index >= 15 is 0 Å². The fourth-order valence-corrected chi connectivity index (χ4v) is 1.99. The summed E-state index contributed by atoms with van der Waals surface area (Å²) in [7, 11) is 0. The molecule has 0 aromatic carbocycles. The molecule has 1 aromatic rings. The molecule has 1 aliphatic rings. The molecule has 1 atom stereocenters. The molecule has 1 fully saturated rings. The second-order valence-electron chi connectivity index (χ2n) is 4.18. The average molecular weight is 222 g/mol. The number of nitrogens with one attached hydrogen (secondary N) is 1. The molecule has 0 bridgehead atoms. The highest BCUT2D eigenvalue weighted by Crippen LogP contribution is 2.22. The lowest BCUT2D eigenvalue weighted by Gasteiger charge is -2.22. The van der Waals surface area contributed by atoms with Gasteiger partial charge in [0.1, 0.15) is 0 Å². The van der Waals surface area contributed by atoms with Gasteiger partial charge in [0.15, 0.2) is 5.75 Å². The summed E-state index contributed by atoms with van der Waals surface area (Å²) in [5.74, 6) is 1.15. The minimum Gasteiger partial charge on any atom is -0.503 e. The van der Waals surface area contributed by atoms with Gasteiger partial charge in [0.2, 0.25) is 0 Å². The van der Waals surface area contributed by atoms with Gasteiger partial charge in [-0.15, -0.1) is 0 Å². The van der Waals surface area contributed by atoms with Gasteiger partial charge in [-0.2, -0.15) is 0 Å². The fourth-order valence-electron chi connectivity index (χ4n) is 1.99. The van der Waals surface area contributed by atoms with Gasteiger partial charge in [-0.25, -0.2) is 4.98 Å². The highest BCUT2D eigenvalue weighted by molar-refractivity contribution is 5.30. The van der Waals surface area contributed by atoms with Crippen molar-refractivity contribution >= 4 is 0 Å². The number of aromatic hydroxyl groups is 1. The molecule has 4 heteroatoms. The molecule has 1 aliphatic heterocycles. The van der Waals surface area contributed by atoms with Crippen molar-refractivity contribution in [3.05, 3.63) is 18.3 Å². The molecule has 16 heavy (non-hydrogen) atoms. The zero-order valence-corrected chi connectivity index (χ0v) is 9.35. The van der Waals surface area contributed by atoms with Gasteiger partial charge in [-0.3, -0.25) is 0 Å². The topological polar surface area (TPSA) is 54.4 Å². The van der Waals surface area contributed by atoms with Crippen molar-refractivity contribution in [3.63, 3.8) is 0 Å². The molecule has 2 heterocycles. The van der Waals surface area contributed by atoms with Crippen LogP contribution in [0.5, 0.6) is 11.6 Å². The Balaban J connectivity index is 1.73. The van der Waals surface area contributed by atoms with E-state index in [2.05, 4.69) is 10.3 Å². The van der Waals surface area contributed by atoms with Gasteiger partial charge in [-0.05, 0) is 50.4 Å². The third-order valence-corrected chi connectivity index (χ3v) is 2.91. The van der Waals surface area contributed by atoms with Crippen LogP contribution in [0.15, 0.2) is 18.3 Å². The van der Waals surface area contributed by atoms with Crippen molar-refractivity contribution < 1.29 is 9.84 Å². The Morgan fingerprint density at radius 2 is 2.50 bits per heavy atom. The van der Waals surface area contributed by atoms with E-state index in [0.29, 0.717) is 18.4 Å². The van der Waals surface area contributed by atoms with Crippen molar-refractivity contribution in [2.75, 3.05) is 19.7 Å². The van der Waals surface area contributed by atoms with E-state index < -0.39 is 0 Å². The molecule has 1 aromatic heterocycles. The third-order valence-electron chi connectivity index (χ3n) is 2.91. The van der Waals surface area contributed by atoms with Gasteiger partial charge in [0.05, 0.1) is 6.61 Å². The Hall–Kier alpha value is -1.29. The minimum atomic E-state index is 0.115. The van der Waals surface area contributed by atoms with Crippen LogP contribution in [-0.2, 0) is 0 Å². The fraction of sp³-hybridized carbons (Fsp3) is 0.583. The largest absolute Gasteiger partial charge is 0.503 e. The number of ether oxygens (including phenoxy) is 1. The van der Waals surface area contributed by atoms with Gasteiger partial charge in [-0.1, -0.05) is 0 Å². The highest BCUT2D eigenvalue weighted by atomic mass is 16.5. The zero-order chi connectivity index (χ0) is 11.2. The summed E-state index contributed by atoms with van der Waals surface area (Å²) in [4.78, 5) is 3.97. The van der Waals surface area contributed by atoms with E-state index in [1.807, 2.05) is 0 Å². The van der Waals surface area contributed by atoms with Crippen LogP contribution < -0.4 is 10.1 Å². The van der Waals surface area contributed by atoms with Crippen molar-refractivity contribution in [2.24, 2.45) is 5.92 Å². The summed E-state index contributed by atoms with van der Waals surface area (Å²) < 4.78 is 5.45. The van der Waals surface area contributed by atoms with Crippen LogP contribution in [0.1, 0.15) is 19.3 Å². The van der Waals surface area contributed by atoms with E-state index in [9.17, 15) is 5.11 Å². The van der Waals surface area contributed by atoms with E-state index in [1.54, 1.807) is 18.3 Å². The van der Waals surface area contributed by atoms with Crippen LogP contribution in [0.25, 0.3) is 0 Å². The van der Waals surface area contributed by atoms with Crippen molar-refractivity contribution in [1.82, 2.24) is 10.3 Å². The first-order valence-electron chi connectivity index (χ1n) is 5.84. The van der Waals surface area contributed by atoms with Crippen LogP contribution >= 0.6 is 0 Å². The Morgan fingerprint density at radius 3 is 3.25 bits per heavy atom. The lowest BCUT2D eigenvalue weighted by molar-refractivity contribution is 0.239. The number of nitrogens with zero attached hydrogens (tertiary/aromatic N) is 1. The predicted octanol–water partition coefficient (Wildman–Crippen LogP) is 1.56. The molecular weight excluding hydrogens is 204 g/mol. The van der Waals surface area contributed by atoms with E-state index in [0.717, 1.165) is 19.5 Å². The van der Waals surface area contributed by atoms with Gasteiger partial charge >= 0.3 is 0 Å². The molecule has 0 saturated carbocycles. The molecule has 0 spiro atoms. The predicted molar refractivity (Wildman–Crippen MR) is 61.6 cm³/mol. The summed E-state index contributed by atoms with van der Waals surface area (Å²) in [6.45, 7) is 2.84. The normalized spacial score (nSPS) is 20.6. The quantitative estimate of drug-likeness (QED) is 0.811. The molecule has 0 amide bonds. The third kappa shape index (κ3) is 3.10. The Kier molecular flexibility index (Phi) is 3.99. The molecule has 1 saturated heterocycles. The van der Waals surface area contributed by atoms with Gasteiger partial charge < -0.3 is 15.2 Å². The second-order valence-corrected chi connectivity index (χ2v) is 4.18. The van der Waals surface area contributed by atoms with Gasteiger partial charge in [0, 0.05) is 6.20 Å². The zero-order valence-electron chi connectivity index (χ0n) is 9.35. The van der Waals surface area contributed by atoms with Crippen LogP contribution in [0.2, 0.25) is 0 Å². The number of pyridine rings is 1. The summed E-state index contributed by atoms with van der Waals surface area (Å²) >= 11 is 0. The number of aromatic nitrogens is 1. The number of hydrogen-bond donors (Lipinski definition) is 2. The molecule has 0 aliphatic carbocycles. The van der Waals surface area contributed by atoms with Crippen LogP contribution in [0, 0.1) is 5.92 Å². The van der Waals surface area contributed by atoms with Crippen LogP contribution in [-0.4, -0.2) is 29.8 Å². The summed E-state index contributed by atoms with van der Waals surface area (Å²) in [6.07, 6.45) is 5.16. The first-order chi connectivity index (χ1) is 7.86. The number of rotatable bonds is 4. The van der Waals surface area contributed by atoms with E-state index in [-0.39, 0.29) is 5.75 Å². The van der Waals surface area contributed by atoms with Crippen LogP contribution in [0.3, 0.4) is 0 Å². The number of piperidine rings is 1. The SMILES string of the molecule is Oc1cccnc1OCC[C@@H]1CCCNC1. The van der Waals surface area contributed by atoms with E-state index in [1.165, 1.54) is 12.8 Å². The Morgan fingerprint density at radius 1 is 1.56 bits per heavy atom. The average Bonchev–Trinajstić information content (AvgIpc) is 2.33. The lowest BCUT2D eigenvalue weighted by Crippen LogP contribution is -2.30. The molecule has 2 rings (SSSR count). The summed E-state index contributed by atoms with van der Waals surface area (Å²) in [5, 5.41) is 12.8. The van der Waals surface area contributed by atoms with Crippen molar-refractivity contribution in [3.8, 4) is 11.6 Å². The van der Waals surface area contributed by atoms with Gasteiger partial charge in [0.25, 0.3) is 5.88 Å². The molecule has 0 unspecified atom stereocenters. The molecule has 4 nitrogen and oxygen atoms in total. The standard InChI is InChI=1S/C12H18N2O2/c15-11-4-2-7-14-12(11)16-8-5-10-3-1-6-13-9-10/h2,4,7,10,13,15H,1,3,5-6,8-9H2/t10-/m0/s1. The number of hydrogen-bond acceptors (Lipinski definition) is 4. The maximum absolute atomic E-state index is 9.45. The first kappa shape index (κ1) is 11.2.